The highest BCUT2D eigenvalue weighted by Gasteiger charge is 2.43. The molecule has 138 valence electrons. The number of rotatable bonds is 5. The molecule has 1 aromatic rings. The second-order valence-corrected chi connectivity index (χ2v) is 6.00. The Morgan fingerprint density at radius 1 is 1.24 bits per heavy atom. The van der Waals surface area contributed by atoms with E-state index >= 15 is 0 Å². The maximum absolute atomic E-state index is 9.99. The Labute approximate surface area is 151 Å². The Balaban J connectivity index is 1.87. The predicted molar refractivity (Wildman–Crippen MR) is 96.4 cm³/mol. The molecule has 1 aliphatic heterocycles. The van der Waals surface area contributed by atoms with Crippen LogP contribution in [0.25, 0.3) is 0 Å². The molecule has 1 heterocycles. The van der Waals surface area contributed by atoms with Crippen LogP contribution in [0.5, 0.6) is 5.75 Å². The molecule has 25 heavy (non-hydrogen) atoms. The van der Waals surface area contributed by atoms with E-state index in [2.05, 4.69) is 15.8 Å². The van der Waals surface area contributed by atoms with Crippen LogP contribution >= 0.6 is 12.2 Å². The Bertz CT molecular complexity index is 596. The van der Waals surface area contributed by atoms with Gasteiger partial charge in [0, 0.05) is 0 Å². The number of aliphatic hydroxyl groups is 3. The van der Waals surface area contributed by atoms with Gasteiger partial charge >= 0.3 is 0 Å². The molecule has 1 aliphatic rings. The van der Waals surface area contributed by atoms with E-state index in [0.717, 1.165) is 11.3 Å². The minimum absolute atomic E-state index is 0.118. The lowest BCUT2D eigenvalue weighted by Crippen LogP contribution is -2.62. The van der Waals surface area contributed by atoms with Gasteiger partial charge in [-0.2, -0.15) is 5.10 Å². The van der Waals surface area contributed by atoms with Gasteiger partial charge < -0.3 is 30.1 Å². The average Bonchev–Trinajstić information content (AvgIpc) is 2.62. The van der Waals surface area contributed by atoms with Gasteiger partial charge in [0.05, 0.1) is 19.4 Å². The quantitative estimate of drug-likeness (QED) is 0.273. The molecule has 0 saturated carbocycles. The fourth-order valence-electron chi connectivity index (χ4n) is 2.42. The molecule has 0 radical (unpaired) electrons. The molecule has 0 aromatic heterocycles. The van der Waals surface area contributed by atoms with Gasteiger partial charge in [-0.25, -0.2) is 0 Å². The molecule has 0 aliphatic carbocycles. The lowest BCUT2D eigenvalue weighted by atomic mass is 9.96. The number of ether oxygens (including phenoxy) is 2. The number of nitrogens with one attached hydrogen (secondary N) is 2. The Kier molecular flexibility index (Phi) is 7.09. The van der Waals surface area contributed by atoms with Gasteiger partial charge in [-0.05, 0) is 48.5 Å². The molecule has 0 unspecified atom stereocenters. The zero-order valence-corrected chi connectivity index (χ0v) is 14.8. The van der Waals surface area contributed by atoms with Crippen molar-refractivity contribution in [1.82, 2.24) is 10.7 Å². The third kappa shape index (κ3) is 5.10. The van der Waals surface area contributed by atoms with Crippen molar-refractivity contribution in [3.05, 3.63) is 29.8 Å². The number of thiocarbonyl (C=S) groups is 1. The van der Waals surface area contributed by atoms with Crippen molar-refractivity contribution in [3.8, 4) is 5.75 Å². The maximum Gasteiger partial charge on any atom is 0.189 e. The number of hydrogen-bond donors (Lipinski definition) is 5. The molecular formula is C16H23N3O5S. The van der Waals surface area contributed by atoms with Crippen LogP contribution in [-0.2, 0) is 4.74 Å². The first-order valence-electron chi connectivity index (χ1n) is 7.89. The lowest BCUT2D eigenvalue weighted by molar-refractivity contribution is -0.225. The first-order valence-corrected chi connectivity index (χ1v) is 8.30. The molecule has 1 fully saturated rings. The zero-order valence-electron chi connectivity index (χ0n) is 14.0. The summed E-state index contributed by atoms with van der Waals surface area (Å²) in [5, 5.41) is 36.5. The molecule has 1 saturated heterocycles. The predicted octanol–water partition coefficient (Wildman–Crippen LogP) is -0.289. The summed E-state index contributed by atoms with van der Waals surface area (Å²) in [4.78, 5) is 0. The van der Waals surface area contributed by atoms with E-state index in [-0.39, 0.29) is 5.11 Å². The van der Waals surface area contributed by atoms with E-state index < -0.39 is 30.6 Å². The summed E-state index contributed by atoms with van der Waals surface area (Å²) < 4.78 is 10.6. The molecule has 2 rings (SSSR count). The summed E-state index contributed by atoms with van der Waals surface area (Å²) in [6.07, 6.45) is -3.27. The number of hydrogen-bond acceptors (Lipinski definition) is 7. The van der Waals surface area contributed by atoms with Gasteiger partial charge in [0.15, 0.2) is 11.3 Å². The van der Waals surface area contributed by atoms with Gasteiger partial charge in [0.1, 0.15) is 24.1 Å². The van der Waals surface area contributed by atoms with Crippen molar-refractivity contribution >= 4 is 23.5 Å². The van der Waals surface area contributed by atoms with Gasteiger partial charge in [0.25, 0.3) is 0 Å². The second-order valence-electron chi connectivity index (χ2n) is 5.59. The largest absolute Gasteiger partial charge is 0.497 e. The van der Waals surface area contributed by atoms with E-state index in [4.69, 9.17) is 21.7 Å². The SMILES string of the molecule is CC[C@H]1O[C@@H](NC(=S)N/N=C/c2ccc(OC)cc2)[C@H](O)[C@@H](O)[C@@H]1O. The van der Waals surface area contributed by atoms with Crippen LogP contribution in [0.1, 0.15) is 18.9 Å². The summed E-state index contributed by atoms with van der Waals surface area (Å²) in [5.41, 5.74) is 3.45. The Morgan fingerprint density at radius 3 is 2.52 bits per heavy atom. The van der Waals surface area contributed by atoms with E-state index in [1.54, 1.807) is 13.3 Å². The number of hydrazone groups is 1. The van der Waals surface area contributed by atoms with Crippen molar-refractivity contribution < 1.29 is 24.8 Å². The van der Waals surface area contributed by atoms with Crippen molar-refractivity contribution in [2.45, 2.75) is 44.0 Å². The van der Waals surface area contributed by atoms with E-state index in [0.29, 0.717) is 6.42 Å². The van der Waals surface area contributed by atoms with Crippen molar-refractivity contribution in [1.29, 1.82) is 0 Å². The second kappa shape index (κ2) is 9.07. The van der Waals surface area contributed by atoms with Crippen LogP contribution < -0.4 is 15.5 Å². The van der Waals surface area contributed by atoms with Crippen LogP contribution in [0, 0.1) is 0 Å². The third-order valence-electron chi connectivity index (χ3n) is 3.88. The summed E-state index contributed by atoms with van der Waals surface area (Å²) in [5.74, 6) is 0.747. The normalized spacial score (nSPS) is 29.4. The molecule has 9 heteroatoms. The minimum atomic E-state index is -1.32. The molecule has 0 bridgehead atoms. The van der Waals surface area contributed by atoms with E-state index in [9.17, 15) is 15.3 Å². The topological polar surface area (TPSA) is 116 Å². The first-order chi connectivity index (χ1) is 12.0. The molecule has 1 aromatic carbocycles. The van der Waals surface area contributed by atoms with Gasteiger partial charge in [0.2, 0.25) is 0 Å². The monoisotopic (exact) mass is 369 g/mol. The summed E-state index contributed by atoms with van der Waals surface area (Å²) in [7, 11) is 1.59. The van der Waals surface area contributed by atoms with Gasteiger partial charge in [-0.3, -0.25) is 5.43 Å². The Morgan fingerprint density at radius 2 is 1.92 bits per heavy atom. The summed E-state index contributed by atoms with van der Waals surface area (Å²) >= 11 is 5.09. The lowest BCUT2D eigenvalue weighted by Gasteiger charge is -2.40. The van der Waals surface area contributed by atoms with Crippen molar-refractivity contribution in [3.63, 3.8) is 0 Å². The van der Waals surface area contributed by atoms with Crippen LogP contribution in [0.15, 0.2) is 29.4 Å². The Hall–Kier alpha value is -1.78. The summed E-state index contributed by atoms with van der Waals surface area (Å²) in [6.45, 7) is 1.81. The first kappa shape index (κ1) is 19.5. The smallest absolute Gasteiger partial charge is 0.189 e. The van der Waals surface area contributed by atoms with Gasteiger partial charge in [-0.15, -0.1) is 0 Å². The fourth-order valence-corrected chi connectivity index (χ4v) is 2.59. The van der Waals surface area contributed by atoms with Crippen molar-refractivity contribution in [2.75, 3.05) is 7.11 Å². The molecule has 0 spiro atoms. The third-order valence-corrected chi connectivity index (χ3v) is 4.09. The van der Waals surface area contributed by atoms with E-state index in [1.165, 1.54) is 0 Å². The van der Waals surface area contributed by atoms with Crippen LogP contribution in [0.2, 0.25) is 0 Å². The molecule has 0 amide bonds. The molecule has 5 atom stereocenters. The standard InChI is InChI=1S/C16H23N3O5S/c1-3-11-12(20)13(21)14(22)15(24-11)18-16(25)19-17-8-9-4-6-10(23-2)7-5-9/h4-8,11-15,20-22H,3H2,1-2H3,(H2,18,19,25)/b17-8+/t11-,12-,13+,14-,15-/m1/s1. The maximum atomic E-state index is 9.99. The fraction of sp³-hybridized carbons (Fsp3) is 0.500. The summed E-state index contributed by atoms with van der Waals surface area (Å²) in [6, 6.07) is 7.28. The number of benzene rings is 1. The number of aliphatic hydroxyl groups excluding tert-OH is 3. The van der Waals surface area contributed by atoms with Crippen LogP contribution in [-0.4, -0.2) is 64.4 Å². The highest BCUT2D eigenvalue weighted by molar-refractivity contribution is 7.80. The average molecular weight is 369 g/mol. The number of nitrogens with zero attached hydrogens (tertiary/aromatic N) is 1. The van der Waals surface area contributed by atoms with Crippen molar-refractivity contribution in [2.24, 2.45) is 5.10 Å². The molecule has 8 nitrogen and oxygen atoms in total. The highest BCUT2D eigenvalue weighted by atomic mass is 32.1. The van der Waals surface area contributed by atoms with Gasteiger partial charge in [-0.1, -0.05) is 6.92 Å². The number of methoxy groups -OCH3 is 1. The van der Waals surface area contributed by atoms with Crippen LogP contribution in [0.4, 0.5) is 0 Å². The highest BCUT2D eigenvalue weighted by Crippen LogP contribution is 2.21. The zero-order chi connectivity index (χ0) is 18.4. The van der Waals surface area contributed by atoms with E-state index in [1.807, 2.05) is 31.2 Å². The molecule has 5 N–H and O–H groups in total. The molecular weight excluding hydrogens is 346 g/mol. The van der Waals surface area contributed by atoms with Crippen LogP contribution in [0.3, 0.4) is 0 Å². The minimum Gasteiger partial charge on any atom is -0.497 e.